The van der Waals surface area contributed by atoms with Gasteiger partial charge in [-0.05, 0) is 66.2 Å². The van der Waals surface area contributed by atoms with Gasteiger partial charge in [-0.25, -0.2) is 9.97 Å². The maximum atomic E-state index is 10.2. The van der Waals surface area contributed by atoms with Crippen LogP contribution in [0.15, 0.2) is 22.9 Å². The number of halogens is 1. The van der Waals surface area contributed by atoms with Crippen molar-refractivity contribution in [3.63, 3.8) is 0 Å². The molecule has 3 aromatic rings. The van der Waals surface area contributed by atoms with Crippen LogP contribution in [0.25, 0.3) is 10.2 Å². The summed E-state index contributed by atoms with van der Waals surface area (Å²) in [4.78, 5) is 23.4. The molecule has 2 aliphatic rings. The Labute approximate surface area is 205 Å². The van der Waals surface area contributed by atoms with Crippen LogP contribution in [0.2, 0.25) is 0 Å². The quantitative estimate of drug-likeness (QED) is 0.259. The van der Waals surface area contributed by atoms with Gasteiger partial charge in [0.2, 0.25) is 6.41 Å². The lowest BCUT2D eigenvalue weighted by molar-refractivity contribution is -0.125. The third-order valence-electron chi connectivity index (χ3n) is 5.89. The topological polar surface area (TPSA) is 117 Å². The fraction of sp³-hybridized carbons (Fsp3) is 0.391. The second-order valence-corrected chi connectivity index (χ2v) is 10.0. The van der Waals surface area contributed by atoms with Crippen molar-refractivity contribution < 1.29 is 9.53 Å². The standard InChI is InChI=1S/C17H16BrN5S.C6H11NO2/c18-11-6-12(20)9(7-19)5-13(11)23-16-15-10-3-1-2-4-14(10)24-17(15)22-8-21-16;1-6-4-9-3-2-7(6)5-8/h5-8,19H,1-4,20H2,(H,21,22,23);5-6H,2-4H2,1H3. The number of aryl methyl sites for hydroxylation is 2. The zero-order chi connectivity index (χ0) is 23.4. The Balaban J connectivity index is 0.000000243. The summed E-state index contributed by atoms with van der Waals surface area (Å²) in [6.45, 7) is 4.08. The predicted octanol–water partition coefficient (Wildman–Crippen LogP) is 4.52. The van der Waals surface area contributed by atoms with Gasteiger partial charge in [-0.3, -0.25) is 4.79 Å². The van der Waals surface area contributed by atoms with Gasteiger partial charge in [-0.2, -0.15) is 0 Å². The van der Waals surface area contributed by atoms with Gasteiger partial charge >= 0.3 is 0 Å². The molecular formula is C23H27BrN6O2S. The molecule has 33 heavy (non-hydrogen) atoms. The summed E-state index contributed by atoms with van der Waals surface area (Å²) in [5, 5.41) is 12.0. The first-order valence-electron chi connectivity index (χ1n) is 10.9. The van der Waals surface area contributed by atoms with E-state index in [-0.39, 0.29) is 6.04 Å². The number of amides is 1. The number of benzene rings is 1. The average molecular weight is 531 g/mol. The lowest BCUT2D eigenvalue weighted by Gasteiger charge is -2.29. The van der Waals surface area contributed by atoms with Crippen molar-refractivity contribution in [3.05, 3.63) is 38.9 Å². The van der Waals surface area contributed by atoms with Gasteiger partial charge < -0.3 is 26.1 Å². The van der Waals surface area contributed by atoms with Gasteiger partial charge in [0.05, 0.1) is 30.3 Å². The van der Waals surface area contributed by atoms with E-state index in [4.69, 9.17) is 15.9 Å². The average Bonchev–Trinajstić information content (AvgIpc) is 3.21. The molecule has 1 unspecified atom stereocenters. The van der Waals surface area contributed by atoms with Crippen LogP contribution in [-0.2, 0) is 22.4 Å². The lowest BCUT2D eigenvalue weighted by atomic mass is 9.97. The number of anilines is 3. The fourth-order valence-electron chi connectivity index (χ4n) is 4.04. The molecule has 0 bridgehead atoms. The molecule has 10 heteroatoms. The monoisotopic (exact) mass is 530 g/mol. The maximum Gasteiger partial charge on any atom is 0.210 e. The molecule has 1 saturated heterocycles. The van der Waals surface area contributed by atoms with Gasteiger partial charge in [-0.15, -0.1) is 11.3 Å². The number of fused-ring (bicyclic) bond motifs is 3. The first-order chi connectivity index (χ1) is 16.0. The van der Waals surface area contributed by atoms with Crippen molar-refractivity contribution in [2.45, 2.75) is 38.6 Å². The molecule has 3 heterocycles. The number of nitrogens with one attached hydrogen (secondary N) is 2. The van der Waals surface area contributed by atoms with Crippen LogP contribution in [0.3, 0.4) is 0 Å². The molecule has 5 rings (SSSR count). The lowest BCUT2D eigenvalue weighted by Crippen LogP contribution is -2.42. The Bertz CT molecular complexity index is 1170. The third-order valence-corrected chi connectivity index (χ3v) is 7.74. The Morgan fingerprint density at radius 3 is 2.88 bits per heavy atom. The van der Waals surface area contributed by atoms with Crippen LogP contribution in [0, 0.1) is 5.41 Å². The largest absolute Gasteiger partial charge is 0.398 e. The molecular weight excluding hydrogens is 504 g/mol. The number of carbonyl (C=O) groups is 1. The minimum atomic E-state index is 0.260. The number of thiophene rings is 1. The number of nitrogen functional groups attached to an aromatic ring is 1. The van der Waals surface area contributed by atoms with E-state index in [2.05, 4.69) is 31.2 Å². The van der Waals surface area contributed by atoms with Crippen molar-refractivity contribution in [1.29, 1.82) is 5.41 Å². The zero-order valence-electron chi connectivity index (χ0n) is 18.4. The highest BCUT2D eigenvalue weighted by Crippen LogP contribution is 2.39. The van der Waals surface area contributed by atoms with Crippen molar-refractivity contribution in [2.75, 3.05) is 30.8 Å². The number of hydrogen-bond acceptors (Lipinski definition) is 8. The van der Waals surface area contributed by atoms with Crippen molar-refractivity contribution in [1.82, 2.24) is 14.9 Å². The molecule has 0 spiro atoms. The summed E-state index contributed by atoms with van der Waals surface area (Å²) in [6, 6.07) is 3.93. The molecule has 174 valence electrons. The van der Waals surface area contributed by atoms with Crippen LogP contribution < -0.4 is 11.1 Å². The number of rotatable bonds is 4. The Kier molecular flexibility index (Phi) is 7.56. The molecule has 0 saturated carbocycles. The number of nitrogens with two attached hydrogens (primary N) is 1. The number of ether oxygens (including phenoxy) is 1. The molecule has 4 N–H and O–H groups in total. The van der Waals surface area contributed by atoms with Crippen LogP contribution in [-0.4, -0.2) is 53.3 Å². The molecule has 2 aromatic heterocycles. The normalized spacial score (nSPS) is 17.6. The fourth-order valence-corrected chi connectivity index (χ4v) is 5.72. The van der Waals surface area contributed by atoms with E-state index in [1.165, 1.54) is 29.5 Å². The van der Waals surface area contributed by atoms with Gasteiger partial charge in [0.15, 0.2) is 0 Å². The Hall–Kier alpha value is -2.56. The smallest absolute Gasteiger partial charge is 0.210 e. The number of morpholine rings is 1. The molecule has 1 aromatic carbocycles. The van der Waals surface area contributed by atoms with Crippen molar-refractivity contribution in [3.8, 4) is 0 Å². The van der Waals surface area contributed by atoms with E-state index in [1.807, 2.05) is 19.1 Å². The number of aromatic nitrogens is 2. The Morgan fingerprint density at radius 1 is 1.33 bits per heavy atom. The summed E-state index contributed by atoms with van der Waals surface area (Å²) < 4.78 is 5.96. The maximum absolute atomic E-state index is 10.2. The summed E-state index contributed by atoms with van der Waals surface area (Å²) in [7, 11) is 0. The van der Waals surface area contributed by atoms with E-state index >= 15 is 0 Å². The highest BCUT2D eigenvalue weighted by atomic mass is 79.9. The van der Waals surface area contributed by atoms with E-state index in [1.54, 1.807) is 22.6 Å². The van der Waals surface area contributed by atoms with E-state index in [0.717, 1.165) is 52.0 Å². The molecule has 1 fully saturated rings. The summed E-state index contributed by atoms with van der Waals surface area (Å²) in [6.07, 6.45) is 8.45. The van der Waals surface area contributed by atoms with Crippen LogP contribution in [0.5, 0.6) is 0 Å². The second kappa shape index (κ2) is 10.6. The van der Waals surface area contributed by atoms with Gasteiger partial charge in [0, 0.05) is 33.4 Å². The Morgan fingerprint density at radius 2 is 2.15 bits per heavy atom. The van der Waals surface area contributed by atoms with Gasteiger partial charge in [0.25, 0.3) is 0 Å². The van der Waals surface area contributed by atoms with Crippen LogP contribution in [0.1, 0.15) is 35.8 Å². The van der Waals surface area contributed by atoms with E-state index < -0.39 is 0 Å². The SMILES string of the molecule is CC1COCCN1C=O.N=Cc1cc(Nc2ncnc3sc4c(c23)CCCC4)c(Br)cc1N. The summed E-state index contributed by atoms with van der Waals surface area (Å²) in [5.74, 6) is 0.820. The summed E-state index contributed by atoms with van der Waals surface area (Å²) in [5.41, 5.74) is 9.42. The van der Waals surface area contributed by atoms with Crippen LogP contribution >= 0.6 is 27.3 Å². The number of nitrogens with zero attached hydrogens (tertiary/aromatic N) is 3. The first-order valence-corrected chi connectivity index (χ1v) is 12.5. The molecule has 1 amide bonds. The number of carbonyl (C=O) groups excluding carboxylic acids is 1. The molecule has 1 aliphatic heterocycles. The third kappa shape index (κ3) is 5.18. The van der Waals surface area contributed by atoms with Crippen molar-refractivity contribution in [2.24, 2.45) is 0 Å². The van der Waals surface area contributed by atoms with E-state index in [0.29, 0.717) is 24.5 Å². The predicted molar refractivity (Wildman–Crippen MR) is 137 cm³/mol. The van der Waals surface area contributed by atoms with Gasteiger partial charge in [0.1, 0.15) is 17.0 Å². The summed E-state index contributed by atoms with van der Waals surface area (Å²) >= 11 is 5.32. The minimum Gasteiger partial charge on any atom is -0.398 e. The van der Waals surface area contributed by atoms with E-state index in [9.17, 15) is 4.79 Å². The molecule has 1 aliphatic carbocycles. The molecule has 0 radical (unpaired) electrons. The molecule has 8 nitrogen and oxygen atoms in total. The first kappa shape index (κ1) is 23.6. The molecule has 1 atom stereocenters. The number of hydrogen-bond donors (Lipinski definition) is 3. The minimum absolute atomic E-state index is 0.260. The highest BCUT2D eigenvalue weighted by Gasteiger charge is 2.20. The highest BCUT2D eigenvalue weighted by molar-refractivity contribution is 9.10. The van der Waals surface area contributed by atoms with Gasteiger partial charge in [-0.1, -0.05) is 0 Å². The van der Waals surface area contributed by atoms with Crippen molar-refractivity contribution >= 4 is 67.3 Å². The van der Waals surface area contributed by atoms with Crippen LogP contribution in [0.4, 0.5) is 17.2 Å². The second-order valence-electron chi connectivity index (χ2n) is 8.11. The zero-order valence-corrected chi connectivity index (χ0v) is 20.8.